The van der Waals surface area contributed by atoms with Crippen LogP contribution >= 0.6 is 12.2 Å². The zero-order chi connectivity index (χ0) is 11.5. The van der Waals surface area contributed by atoms with Gasteiger partial charge in [0.25, 0.3) is 0 Å². The van der Waals surface area contributed by atoms with Crippen molar-refractivity contribution in [2.45, 2.75) is 51.5 Å². The van der Waals surface area contributed by atoms with Crippen molar-refractivity contribution in [3.8, 4) is 0 Å². The van der Waals surface area contributed by atoms with Crippen molar-refractivity contribution in [3.63, 3.8) is 0 Å². The number of hydrogen-bond acceptors (Lipinski definition) is 2. The van der Waals surface area contributed by atoms with Gasteiger partial charge in [-0.3, -0.25) is 9.67 Å². The van der Waals surface area contributed by atoms with Crippen LogP contribution in [0.2, 0.25) is 0 Å². The fourth-order valence-corrected chi connectivity index (χ4v) is 3.14. The Morgan fingerprint density at radius 1 is 1.38 bits per heavy atom. The molecule has 0 amide bonds. The van der Waals surface area contributed by atoms with Gasteiger partial charge in [0, 0.05) is 6.04 Å². The minimum Gasteiger partial charge on any atom is -0.272 e. The molecular formula is C11H19N3OS. The van der Waals surface area contributed by atoms with Crippen molar-refractivity contribution in [1.29, 1.82) is 0 Å². The van der Waals surface area contributed by atoms with E-state index < -0.39 is 0 Å². The van der Waals surface area contributed by atoms with E-state index in [4.69, 9.17) is 12.2 Å². The number of H-pyrrole nitrogens is 2. The molecule has 16 heavy (non-hydrogen) atoms. The van der Waals surface area contributed by atoms with Crippen LogP contribution in [-0.2, 0) is 0 Å². The minimum absolute atomic E-state index is 0.0950. The van der Waals surface area contributed by atoms with Gasteiger partial charge in [-0.2, -0.15) is 0 Å². The average Bonchev–Trinajstić information content (AvgIpc) is 2.63. The highest BCUT2D eigenvalue weighted by molar-refractivity contribution is 7.71. The smallest absolute Gasteiger partial charge is 0.272 e. The van der Waals surface area contributed by atoms with E-state index >= 15 is 0 Å². The monoisotopic (exact) mass is 241 g/mol. The summed E-state index contributed by atoms with van der Waals surface area (Å²) >= 11 is 5.16. The van der Waals surface area contributed by atoms with E-state index in [-0.39, 0.29) is 11.7 Å². The highest BCUT2D eigenvalue weighted by atomic mass is 32.1. The first-order valence-corrected chi connectivity index (χ1v) is 6.54. The van der Waals surface area contributed by atoms with Crippen LogP contribution in [-0.4, -0.2) is 14.8 Å². The molecule has 1 fully saturated rings. The van der Waals surface area contributed by atoms with E-state index in [1.54, 1.807) is 4.57 Å². The maximum Gasteiger partial charge on any atom is 0.342 e. The summed E-state index contributed by atoms with van der Waals surface area (Å²) < 4.78 is 2.26. The number of aromatic nitrogens is 3. The molecule has 1 aliphatic carbocycles. The van der Waals surface area contributed by atoms with Gasteiger partial charge in [-0.05, 0) is 37.4 Å². The molecule has 1 aliphatic rings. The van der Waals surface area contributed by atoms with Crippen molar-refractivity contribution in [1.82, 2.24) is 14.8 Å². The Hall–Kier alpha value is -0.840. The molecule has 1 unspecified atom stereocenters. The third kappa shape index (κ3) is 2.14. The lowest BCUT2D eigenvalue weighted by Gasteiger charge is -2.29. The zero-order valence-corrected chi connectivity index (χ0v) is 10.5. The van der Waals surface area contributed by atoms with Gasteiger partial charge in [0.2, 0.25) is 0 Å². The van der Waals surface area contributed by atoms with Crippen LogP contribution in [0.1, 0.15) is 51.5 Å². The van der Waals surface area contributed by atoms with Crippen LogP contribution < -0.4 is 5.69 Å². The molecule has 0 saturated heterocycles. The van der Waals surface area contributed by atoms with E-state index in [1.165, 1.54) is 32.1 Å². The summed E-state index contributed by atoms with van der Waals surface area (Å²) in [5, 5.41) is 5.30. The summed E-state index contributed by atoms with van der Waals surface area (Å²) in [4.78, 5) is 11.7. The molecule has 2 rings (SSSR count). The van der Waals surface area contributed by atoms with Gasteiger partial charge >= 0.3 is 5.69 Å². The topological polar surface area (TPSA) is 53.6 Å². The second kappa shape index (κ2) is 4.99. The van der Waals surface area contributed by atoms with Crippen molar-refractivity contribution in [3.05, 3.63) is 15.3 Å². The SMILES string of the molecule is CCC(C1CCCCC1)n1c(=O)[nH][nH]c1=S. The van der Waals surface area contributed by atoms with Crippen LogP contribution in [0.15, 0.2) is 4.79 Å². The van der Waals surface area contributed by atoms with Crippen molar-refractivity contribution >= 4 is 12.2 Å². The Labute approximate surface area is 100 Å². The Morgan fingerprint density at radius 3 is 2.56 bits per heavy atom. The first-order chi connectivity index (χ1) is 7.74. The Balaban J connectivity index is 2.28. The molecule has 0 aromatic carbocycles. The number of hydrogen-bond donors (Lipinski definition) is 2. The molecule has 1 aromatic heterocycles. The molecule has 0 bridgehead atoms. The quantitative estimate of drug-likeness (QED) is 0.799. The highest BCUT2D eigenvalue weighted by Gasteiger charge is 2.25. The summed E-state index contributed by atoms with van der Waals surface area (Å²) in [5.41, 5.74) is -0.0950. The third-order valence-electron chi connectivity index (χ3n) is 3.66. The number of nitrogens with zero attached hydrogens (tertiary/aromatic N) is 1. The molecule has 4 nitrogen and oxygen atoms in total. The van der Waals surface area contributed by atoms with Gasteiger partial charge in [0.1, 0.15) is 0 Å². The average molecular weight is 241 g/mol. The Bertz CT molecular complexity index is 411. The zero-order valence-electron chi connectivity index (χ0n) is 9.66. The van der Waals surface area contributed by atoms with Crippen LogP contribution in [0.5, 0.6) is 0 Å². The molecule has 2 N–H and O–H groups in total. The summed E-state index contributed by atoms with van der Waals surface area (Å²) in [6, 6.07) is 0.266. The molecule has 90 valence electrons. The number of nitrogens with one attached hydrogen (secondary N) is 2. The van der Waals surface area contributed by atoms with Gasteiger partial charge in [0.15, 0.2) is 4.77 Å². The molecular weight excluding hydrogens is 222 g/mol. The van der Waals surface area contributed by atoms with E-state index in [2.05, 4.69) is 17.1 Å². The molecule has 1 aromatic rings. The lowest BCUT2D eigenvalue weighted by Crippen LogP contribution is -2.29. The van der Waals surface area contributed by atoms with Crippen LogP contribution in [0.4, 0.5) is 0 Å². The Morgan fingerprint density at radius 2 is 2.06 bits per heavy atom. The summed E-state index contributed by atoms with van der Waals surface area (Å²) in [6.45, 7) is 2.13. The lowest BCUT2D eigenvalue weighted by atomic mass is 9.83. The second-order valence-corrected chi connectivity index (χ2v) is 4.99. The minimum atomic E-state index is -0.0950. The van der Waals surface area contributed by atoms with Gasteiger partial charge in [-0.1, -0.05) is 26.2 Å². The predicted molar refractivity (Wildman–Crippen MR) is 66.1 cm³/mol. The molecule has 1 saturated carbocycles. The van der Waals surface area contributed by atoms with Crippen molar-refractivity contribution in [2.24, 2.45) is 5.92 Å². The highest BCUT2D eigenvalue weighted by Crippen LogP contribution is 2.33. The number of rotatable bonds is 3. The molecule has 1 heterocycles. The summed E-state index contributed by atoms with van der Waals surface area (Å²) in [7, 11) is 0. The van der Waals surface area contributed by atoms with Crippen LogP contribution in [0.3, 0.4) is 0 Å². The summed E-state index contributed by atoms with van der Waals surface area (Å²) in [5.74, 6) is 0.613. The number of aromatic amines is 2. The van der Waals surface area contributed by atoms with Crippen molar-refractivity contribution in [2.75, 3.05) is 0 Å². The fourth-order valence-electron chi connectivity index (χ4n) is 2.87. The van der Waals surface area contributed by atoms with E-state index in [0.717, 1.165) is 6.42 Å². The normalized spacial score (nSPS) is 19.8. The van der Waals surface area contributed by atoms with Gasteiger partial charge in [-0.15, -0.1) is 0 Å². The van der Waals surface area contributed by atoms with Gasteiger partial charge < -0.3 is 0 Å². The van der Waals surface area contributed by atoms with Gasteiger partial charge in [-0.25, -0.2) is 9.89 Å². The molecule has 5 heteroatoms. The van der Waals surface area contributed by atoms with Crippen LogP contribution in [0.25, 0.3) is 0 Å². The molecule has 0 spiro atoms. The predicted octanol–water partition coefficient (Wildman–Crippen LogP) is 2.77. The third-order valence-corrected chi connectivity index (χ3v) is 3.96. The van der Waals surface area contributed by atoms with Crippen LogP contribution in [0, 0.1) is 10.7 Å². The van der Waals surface area contributed by atoms with Crippen molar-refractivity contribution < 1.29 is 0 Å². The maximum absolute atomic E-state index is 11.7. The first-order valence-electron chi connectivity index (χ1n) is 6.13. The first kappa shape index (κ1) is 11.6. The maximum atomic E-state index is 11.7. The second-order valence-electron chi connectivity index (χ2n) is 4.60. The van der Waals surface area contributed by atoms with Gasteiger partial charge in [0.05, 0.1) is 0 Å². The fraction of sp³-hybridized carbons (Fsp3) is 0.818. The molecule has 0 aliphatic heterocycles. The Kier molecular flexibility index (Phi) is 3.63. The largest absolute Gasteiger partial charge is 0.342 e. The van der Waals surface area contributed by atoms with E-state index in [9.17, 15) is 4.79 Å². The van der Waals surface area contributed by atoms with E-state index in [1.807, 2.05) is 0 Å². The van der Waals surface area contributed by atoms with E-state index in [0.29, 0.717) is 10.7 Å². The standard InChI is InChI=1S/C11H19N3OS/c1-2-9(8-6-4-3-5-7-8)14-10(15)12-13-11(14)16/h8-9H,2-7H2,1H3,(H,12,15)(H,13,16). The molecule has 0 radical (unpaired) electrons. The summed E-state index contributed by atoms with van der Waals surface area (Å²) in [6.07, 6.45) is 7.34. The lowest BCUT2D eigenvalue weighted by molar-refractivity contribution is 0.237. The molecule has 1 atom stereocenters.